The summed E-state index contributed by atoms with van der Waals surface area (Å²) in [5.41, 5.74) is 4.17. The van der Waals surface area contributed by atoms with Crippen molar-refractivity contribution in [2.24, 2.45) is 5.92 Å². The Morgan fingerprint density at radius 2 is 1.89 bits per heavy atom. The number of hydrogen-bond acceptors (Lipinski definition) is 2. The van der Waals surface area contributed by atoms with Crippen molar-refractivity contribution in [1.82, 2.24) is 5.32 Å². The molecule has 1 aliphatic heterocycles. The molecule has 3 heteroatoms. The number of piperidine rings is 1. The molecule has 0 aromatic heterocycles. The van der Waals surface area contributed by atoms with E-state index in [0.29, 0.717) is 12.0 Å². The highest BCUT2D eigenvalue weighted by atomic mass is 79.9. The van der Waals surface area contributed by atoms with E-state index >= 15 is 0 Å². The highest BCUT2D eigenvalue weighted by molar-refractivity contribution is 9.10. The van der Waals surface area contributed by atoms with E-state index in [4.69, 9.17) is 0 Å². The van der Waals surface area contributed by atoms with Gasteiger partial charge in [0, 0.05) is 29.3 Å². The first-order chi connectivity index (χ1) is 8.52. The Hall–Kier alpha value is -0.540. The molecule has 0 aliphatic carbocycles. The first kappa shape index (κ1) is 13.9. The van der Waals surface area contributed by atoms with Crippen LogP contribution in [0.15, 0.2) is 16.6 Å². The standard InChI is InChI=1S/C15H23BrN2/c1-10-7-13(16)8-11(2)15(10)18-6-5-14(17-4)12(3)9-18/h7-8,12,14,17H,5-6,9H2,1-4H3. The number of aryl methyl sites for hydroxylation is 2. The number of anilines is 1. The Morgan fingerprint density at radius 3 is 2.39 bits per heavy atom. The van der Waals surface area contributed by atoms with Crippen LogP contribution in [0.4, 0.5) is 5.69 Å². The van der Waals surface area contributed by atoms with Crippen LogP contribution in [0.25, 0.3) is 0 Å². The van der Waals surface area contributed by atoms with E-state index in [1.807, 2.05) is 0 Å². The molecule has 1 aromatic carbocycles. The van der Waals surface area contributed by atoms with Crippen LogP contribution in [0.1, 0.15) is 24.5 Å². The van der Waals surface area contributed by atoms with E-state index in [1.165, 1.54) is 27.7 Å². The second-order valence-electron chi connectivity index (χ2n) is 5.50. The molecule has 1 fully saturated rings. The van der Waals surface area contributed by atoms with Gasteiger partial charge in [-0.2, -0.15) is 0 Å². The van der Waals surface area contributed by atoms with Crippen LogP contribution in [0, 0.1) is 19.8 Å². The molecule has 0 spiro atoms. The minimum Gasteiger partial charge on any atom is -0.371 e. The maximum Gasteiger partial charge on any atom is 0.0426 e. The zero-order valence-electron chi connectivity index (χ0n) is 11.8. The maximum absolute atomic E-state index is 3.58. The van der Waals surface area contributed by atoms with E-state index in [-0.39, 0.29) is 0 Å². The number of benzene rings is 1. The van der Waals surface area contributed by atoms with Gasteiger partial charge in [-0.3, -0.25) is 0 Å². The summed E-state index contributed by atoms with van der Waals surface area (Å²) >= 11 is 3.58. The van der Waals surface area contributed by atoms with Gasteiger partial charge in [0.1, 0.15) is 0 Å². The van der Waals surface area contributed by atoms with Gasteiger partial charge in [0.15, 0.2) is 0 Å². The van der Waals surface area contributed by atoms with E-state index in [9.17, 15) is 0 Å². The molecule has 0 saturated carbocycles. The average Bonchev–Trinajstić information content (AvgIpc) is 2.27. The van der Waals surface area contributed by atoms with Crippen LogP contribution in [-0.2, 0) is 0 Å². The van der Waals surface area contributed by atoms with E-state index in [2.05, 4.69) is 66.1 Å². The summed E-state index contributed by atoms with van der Waals surface area (Å²) in [7, 11) is 2.08. The third-order valence-electron chi connectivity index (χ3n) is 4.05. The molecule has 2 nitrogen and oxygen atoms in total. The summed E-state index contributed by atoms with van der Waals surface area (Å²) in [6, 6.07) is 5.10. The minimum atomic E-state index is 0.664. The summed E-state index contributed by atoms with van der Waals surface area (Å²) in [6.07, 6.45) is 1.23. The molecule has 2 atom stereocenters. The van der Waals surface area contributed by atoms with Crippen molar-refractivity contribution < 1.29 is 0 Å². The molecular weight excluding hydrogens is 288 g/mol. The van der Waals surface area contributed by atoms with Crippen LogP contribution in [0.3, 0.4) is 0 Å². The van der Waals surface area contributed by atoms with Crippen LogP contribution < -0.4 is 10.2 Å². The Balaban J connectivity index is 2.23. The quantitative estimate of drug-likeness (QED) is 0.899. The lowest BCUT2D eigenvalue weighted by Gasteiger charge is -2.39. The molecule has 1 N–H and O–H groups in total. The van der Waals surface area contributed by atoms with Gasteiger partial charge in [-0.05, 0) is 56.5 Å². The van der Waals surface area contributed by atoms with Gasteiger partial charge in [0.2, 0.25) is 0 Å². The second kappa shape index (κ2) is 5.62. The number of halogens is 1. The Kier molecular flexibility index (Phi) is 4.33. The third-order valence-corrected chi connectivity index (χ3v) is 4.51. The molecule has 100 valence electrons. The zero-order valence-corrected chi connectivity index (χ0v) is 13.3. The molecular formula is C15H23BrN2. The van der Waals surface area contributed by atoms with Gasteiger partial charge in [-0.15, -0.1) is 0 Å². The molecule has 2 unspecified atom stereocenters. The van der Waals surface area contributed by atoms with Crippen LogP contribution in [0.2, 0.25) is 0 Å². The lowest BCUT2D eigenvalue weighted by atomic mass is 9.92. The fraction of sp³-hybridized carbons (Fsp3) is 0.600. The first-order valence-electron chi connectivity index (χ1n) is 6.72. The average molecular weight is 311 g/mol. The molecule has 1 heterocycles. The Morgan fingerprint density at radius 1 is 1.28 bits per heavy atom. The number of nitrogens with one attached hydrogen (secondary N) is 1. The molecule has 2 rings (SSSR count). The summed E-state index contributed by atoms with van der Waals surface area (Å²) in [6.45, 7) is 9.06. The van der Waals surface area contributed by atoms with Gasteiger partial charge in [-0.1, -0.05) is 22.9 Å². The molecule has 0 amide bonds. The van der Waals surface area contributed by atoms with E-state index in [0.717, 1.165) is 13.1 Å². The largest absolute Gasteiger partial charge is 0.371 e. The SMILES string of the molecule is CNC1CCN(c2c(C)cc(Br)cc2C)CC1C. The van der Waals surface area contributed by atoms with Crippen molar-refractivity contribution >= 4 is 21.6 Å². The predicted molar refractivity (Wildman–Crippen MR) is 82.5 cm³/mol. The molecule has 1 saturated heterocycles. The van der Waals surface area contributed by atoms with E-state index in [1.54, 1.807) is 0 Å². The summed E-state index contributed by atoms with van der Waals surface area (Å²) in [5, 5.41) is 3.43. The monoisotopic (exact) mass is 310 g/mol. The highest BCUT2D eigenvalue weighted by Crippen LogP contribution is 2.31. The lowest BCUT2D eigenvalue weighted by Crippen LogP contribution is -2.47. The number of hydrogen-bond donors (Lipinski definition) is 1. The van der Waals surface area contributed by atoms with Crippen molar-refractivity contribution in [3.8, 4) is 0 Å². The van der Waals surface area contributed by atoms with Crippen LogP contribution in [0.5, 0.6) is 0 Å². The maximum atomic E-state index is 3.58. The summed E-state index contributed by atoms with van der Waals surface area (Å²) < 4.78 is 1.18. The summed E-state index contributed by atoms with van der Waals surface area (Å²) in [4.78, 5) is 2.55. The van der Waals surface area contributed by atoms with Gasteiger partial charge in [0.05, 0.1) is 0 Å². The van der Waals surface area contributed by atoms with Crippen molar-refractivity contribution in [2.45, 2.75) is 33.2 Å². The molecule has 1 aromatic rings. The predicted octanol–water partition coefficient (Wildman–Crippen LogP) is 3.50. The Labute approximate surface area is 119 Å². The lowest BCUT2D eigenvalue weighted by molar-refractivity contribution is 0.338. The van der Waals surface area contributed by atoms with E-state index < -0.39 is 0 Å². The minimum absolute atomic E-state index is 0.664. The third kappa shape index (κ3) is 2.72. The van der Waals surface area contributed by atoms with Crippen molar-refractivity contribution in [3.05, 3.63) is 27.7 Å². The molecule has 18 heavy (non-hydrogen) atoms. The van der Waals surface area contributed by atoms with Crippen molar-refractivity contribution in [2.75, 3.05) is 25.0 Å². The fourth-order valence-corrected chi connectivity index (χ4v) is 3.87. The molecule has 0 bridgehead atoms. The van der Waals surface area contributed by atoms with Crippen molar-refractivity contribution in [3.63, 3.8) is 0 Å². The van der Waals surface area contributed by atoms with Crippen LogP contribution >= 0.6 is 15.9 Å². The normalized spacial score (nSPS) is 24.4. The summed E-state index contributed by atoms with van der Waals surface area (Å²) in [5.74, 6) is 0.700. The van der Waals surface area contributed by atoms with Crippen LogP contribution in [-0.4, -0.2) is 26.2 Å². The van der Waals surface area contributed by atoms with Gasteiger partial charge >= 0.3 is 0 Å². The van der Waals surface area contributed by atoms with Gasteiger partial charge in [-0.25, -0.2) is 0 Å². The molecule has 0 radical (unpaired) electrons. The first-order valence-corrected chi connectivity index (χ1v) is 7.51. The zero-order chi connectivity index (χ0) is 13.3. The number of nitrogens with zero attached hydrogens (tertiary/aromatic N) is 1. The fourth-order valence-electron chi connectivity index (χ4n) is 3.18. The van der Waals surface area contributed by atoms with Gasteiger partial charge < -0.3 is 10.2 Å². The topological polar surface area (TPSA) is 15.3 Å². The van der Waals surface area contributed by atoms with Crippen molar-refractivity contribution in [1.29, 1.82) is 0 Å². The highest BCUT2D eigenvalue weighted by Gasteiger charge is 2.26. The second-order valence-corrected chi connectivity index (χ2v) is 6.41. The Bertz CT molecular complexity index is 407. The smallest absolute Gasteiger partial charge is 0.0426 e. The number of rotatable bonds is 2. The van der Waals surface area contributed by atoms with Gasteiger partial charge in [0.25, 0.3) is 0 Å². The molecule has 1 aliphatic rings.